The van der Waals surface area contributed by atoms with Gasteiger partial charge in [-0.25, -0.2) is 0 Å². The summed E-state index contributed by atoms with van der Waals surface area (Å²) in [5.41, 5.74) is 5.71. The van der Waals surface area contributed by atoms with Gasteiger partial charge in [0, 0.05) is 43.9 Å². The lowest BCUT2D eigenvalue weighted by molar-refractivity contribution is -0.136. The monoisotopic (exact) mass is 486 g/mol. The summed E-state index contributed by atoms with van der Waals surface area (Å²) in [6.45, 7) is 5.93. The summed E-state index contributed by atoms with van der Waals surface area (Å²) in [5.74, 6) is -0.223. The predicted octanol–water partition coefficient (Wildman–Crippen LogP) is 3.43. The standard InChI is InChI=1S/C29H34N4O3/c34-27-10-9-26(28(35)30-27)33-19-23-17-22(5-8-25(23)29(33)36)21-11-15-31(16-12-21)18-20-3-6-24(7-4-20)32-13-1-2-14-32/h3-8,17,21,26H,1-2,9-16,18-19H2,(H,30,34,35). The number of benzene rings is 2. The highest BCUT2D eigenvalue weighted by Gasteiger charge is 2.39. The third kappa shape index (κ3) is 4.52. The molecule has 0 spiro atoms. The fraction of sp³-hybridized carbons (Fsp3) is 0.483. The van der Waals surface area contributed by atoms with E-state index in [1.807, 2.05) is 6.07 Å². The summed E-state index contributed by atoms with van der Waals surface area (Å²) in [6.07, 6.45) is 5.50. The first-order chi connectivity index (χ1) is 17.5. The van der Waals surface area contributed by atoms with E-state index in [9.17, 15) is 14.4 Å². The fourth-order valence-corrected chi connectivity index (χ4v) is 6.32. The van der Waals surface area contributed by atoms with Gasteiger partial charge in [0.2, 0.25) is 11.8 Å². The molecule has 1 unspecified atom stereocenters. The van der Waals surface area contributed by atoms with Gasteiger partial charge in [0.1, 0.15) is 6.04 Å². The molecular formula is C29H34N4O3. The fourth-order valence-electron chi connectivity index (χ4n) is 6.32. The lowest BCUT2D eigenvalue weighted by atomic mass is 9.87. The maximum Gasteiger partial charge on any atom is 0.255 e. The van der Waals surface area contributed by atoms with E-state index >= 15 is 0 Å². The summed E-state index contributed by atoms with van der Waals surface area (Å²) in [6, 6.07) is 14.8. The Kier molecular flexibility index (Phi) is 6.25. The molecule has 7 heteroatoms. The van der Waals surface area contributed by atoms with E-state index < -0.39 is 6.04 Å². The van der Waals surface area contributed by atoms with Crippen molar-refractivity contribution in [1.29, 1.82) is 0 Å². The van der Waals surface area contributed by atoms with Crippen LogP contribution in [0.15, 0.2) is 42.5 Å². The first-order valence-electron chi connectivity index (χ1n) is 13.4. The van der Waals surface area contributed by atoms with Gasteiger partial charge in [-0.2, -0.15) is 0 Å². The first-order valence-corrected chi connectivity index (χ1v) is 13.4. The zero-order valence-corrected chi connectivity index (χ0v) is 20.7. The van der Waals surface area contributed by atoms with E-state index in [0.29, 0.717) is 24.4 Å². The van der Waals surface area contributed by atoms with Crippen molar-refractivity contribution in [2.75, 3.05) is 31.1 Å². The van der Waals surface area contributed by atoms with Gasteiger partial charge in [0.15, 0.2) is 0 Å². The Morgan fingerprint density at radius 1 is 0.861 bits per heavy atom. The average Bonchev–Trinajstić information content (AvgIpc) is 3.54. The second-order valence-corrected chi connectivity index (χ2v) is 10.7. The van der Waals surface area contributed by atoms with Gasteiger partial charge in [0.05, 0.1) is 0 Å². The van der Waals surface area contributed by atoms with Crippen molar-refractivity contribution in [2.24, 2.45) is 0 Å². The van der Waals surface area contributed by atoms with Crippen LogP contribution < -0.4 is 10.2 Å². The Morgan fingerprint density at radius 2 is 1.61 bits per heavy atom. The van der Waals surface area contributed by atoms with Crippen LogP contribution in [-0.4, -0.2) is 59.7 Å². The molecule has 0 aliphatic carbocycles. The number of carbonyl (C=O) groups is 3. The Labute approximate surface area is 212 Å². The van der Waals surface area contributed by atoms with Crippen molar-refractivity contribution in [3.05, 3.63) is 64.7 Å². The molecule has 0 saturated carbocycles. The molecular weight excluding hydrogens is 452 g/mol. The maximum absolute atomic E-state index is 13.0. The van der Waals surface area contributed by atoms with Crippen molar-refractivity contribution in [3.8, 4) is 0 Å². The van der Waals surface area contributed by atoms with E-state index in [2.05, 4.69) is 51.5 Å². The number of nitrogens with one attached hydrogen (secondary N) is 1. The van der Waals surface area contributed by atoms with E-state index in [1.165, 1.54) is 42.7 Å². The van der Waals surface area contributed by atoms with Gasteiger partial charge in [-0.3, -0.25) is 24.6 Å². The van der Waals surface area contributed by atoms with Gasteiger partial charge < -0.3 is 9.80 Å². The molecule has 0 bridgehead atoms. The summed E-state index contributed by atoms with van der Waals surface area (Å²) in [7, 11) is 0. The zero-order chi connectivity index (χ0) is 24.6. The van der Waals surface area contributed by atoms with Crippen molar-refractivity contribution in [1.82, 2.24) is 15.1 Å². The van der Waals surface area contributed by atoms with Crippen LogP contribution in [0.5, 0.6) is 0 Å². The van der Waals surface area contributed by atoms with Crippen LogP contribution in [0.1, 0.15) is 71.5 Å². The van der Waals surface area contributed by atoms with Gasteiger partial charge >= 0.3 is 0 Å². The van der Waals surface area contributed by atoms with Gasteiger partial charge in [-0.05, 0) is 86.0 Å². The largest absolute Gasteiger partial charge is 0.372 e. The number of likely N-dealkylation sites (tertiary alicyclic amines) is 1. The molecule has 0 aromatic heterocycles. The number of rotatable bonds is 5. The Balaban J connectivity index is 1.05. The van der Waals surface area contributed by atoms with Crippen molar-refractivity contribution in [3.63, 3.8) is 0 Å². The number of hydrogen-bond acceptors (Lipinski definition) is 5. The average molecular weight is 487 g/mol. The number of fused-ring (bicyclic) bond motifs is 1. The number of piperidine rings is 2. The maximum atomic E-state index is 13.0. The molecule has 6 rings (SSSR count). The third-order valence-electron chi connectivity index (χ3n) is 8.42. The van der Waals surface area contributed by atoms with Crippen molar-refractivity contribution >= 4 is 23.4 Å². The number of hydrogen-bond donors (Lipinski definition) is 1. The van der Waals surface area contributed by atoms with E-state index in [1.54, 1.807) is 4.90 Å². The van der Waals surface area contributed by atoms with Crippen molar-refractivity contribution < 1.29 is 14.4 Å². The Hall–Kier alpha value is -3.19. The van der Waals surface area contributed by atoms with E-state index in [-0.39, 0.29) is 24.1 Å². The normalized spacial score (nSPS) is 23.3. The minimum atomic E-state index is -0.557. The number of nitrogens with zero attached hydrogens (tertiary/aromatic N) is 3. The molecule has 4 heterocycles. The van der Waals surface area contributed by atoms with E-state index in [0.717, 1.165) is 38.0 Å². The van der Waals surface area contributed by atoms with Crippen LogP contribution in [0.25, 0.3) is 0 Å². The van der Waals surface area contributed by atoms with Crippen LogP contribution in [0.4, 0.5) is 5.69 Å². The molecule has 1 atom stereocenters. The van der Waals surface area contributed by atoms with Crippen LogP contribution in [0.3, 0.4) is 0 Å². The molecule has 4 aliphatic rings. The minimum absolute atomic E-state index is 0.100. The molecule has 7 nitrogen and oxygen atoms in total. The Morgan fingerprint density at radius 3 is 2.33 bits per heavy atom. The highest BCUT2D eigenvalue weighted by molar-refractivity contribution is 6.05. The summed E-state index contributed by atoms with van der Waals surface area (Å²) in [5, 5.41) is 2.37. The van der Waals surface area contributed by atoms with Crippen LogP contribution >= 0.6 is 0 Å². The molecule has 0 radical (unpaired) electrons. The smallest absolute Gasteiger partial charge is 0.255 e. The first kappa shape index (κ1) is 23.2. The number of carbonyl (C=O) groups excluding carboxylic acids is 3. The minimum Gasteiger partial charge on any atom is -0.372 e. The SMILES string of the molecule is O=C1CCC(N2Cc3cc(C4CCN(Cc5ccc(N6CCCC6)cc5)CC4)ccc3C2=O)C(=O)N1. The second kappa shape index (κ2) is 9.69. The van der Waals surface area contributed by atoms with Gasteiger partial charge in [-0.1, -0.05) is 24.3 Å². The Bertz CT molecular complexity index is 1160. The van der Waals surface area contributed by atoms with Crippen molar-refractivity contribution in [2.45, 2.75) is 63.6 Å². The molecule has 2 aromatic rings. The molecule has 4 aliphatic heterocycles. The predicted molar refractivity (Wildman–Crippen MR) is 138 cm³/mol. The molecule has 3 saturated heterocycles. The van der Waals surface area contributed by atoms with Gasteiger partial charge in [0.25, 0.3) is 5.91 Å². The van der Waals surface area contributed by atoms with Crippen LogP contribution in [0, 0.1) is 0 Å². The number of anilines is 1. The summed E-state index contributed by atoms with van der Waals surface area (Å²) >= 11 is 0. The number of imide groups is 1. The molecule has 188 valence electrons. The second-order valence-electron chi connectivity index (χ2n) is 10.7. The topological polar surface area (TPSA) is 73.0 Å². The molecule has 3 fully saturated rings. The van der Waals surface area contributed by atoms with Crippen LogP contribution in [0.2, 0.25) is 0 Å². The van der Waals surface area contributed by atoms with Gasteiger partial charge in [-0.15, -0.1) is 0 Å². The van der Waals surface area contributed by atoms with E-state index in [4.69, 9.17) is 0 Å². The molecule has 3 amide bonds. The summed E-state index contributed by atoms with van der Waals surface area (Å²) in [4.78, 5) is 43.4. The number of amides is 3. The lowest BCUT2D eigenvalue weighted by Gasteiger charge is -2.32. The van der Waals surface area contributed by atoms with Crippen LogP contribution in [-0.2, 0) is 22.7 Å². The highest BCUT2D eigenvalue weighted by Crippen LogP contribution is 2.34. The highest BCUT2D eigenvalue weighted by atomic mass is 16.2. The lowest BCUT2D eigenvalue weighted by Crippen LogP contribution is -2.52. The molecule has 1 N–H and O–H groups in total. The zero-order valence-electron chi connectivity index (χ0n) is 20.7. The molecule has 2 aromatic carbocycles. The molecule has 36 heavy (non-hydrogen) atoms. The quantitative estimate of drug-likeness (QED) is 0.656. The summed E-state index contributed by atoms with van der Waals surface area (Å²) < 4.78 is 0. The third-order valence-corrected chi connectivity index (χ3v) is 8.42.